The Balaban J connectivity index is 2.21. The molecular formula is C8H12N4O2. The average Bonchev–Trinajstić information content (AvgIpc) is 2.67. The number of nitro groups is 1. The summed E-state index contributed by atoms with van der Waals surface area (Å²) in [6.45, 7) is 1.73. The molecule has 6 nitrogen and oxygen atoms in total. The number of anilines is 1. The molecule has 2 rings (SSSR count). The van der Waals surface area contributed by atoms with Gasteiger partial charge in [-0.05, 0) is 19.3 Å². The van der Waals surface area contributed by atoms with E-state index in [9.17, 15) is 10.1 Å². The smallest absolute Gasteiger partial charge is 0.330 e. The number of nitrogens with zero attached hydrogens (tertiary/aromatic N) is 3. The molecule has 2 heterocycles. The van der Waals surface area contributed by atoms with E-state index < -0.39 is 4.92 Å². The van der Waals surface area contributed by atoms with Crippen LogP contribution in [0.2, 0.25) is 0 Å². The fourth-order valence-corrected chi connectivity index (χ4v) is 1.75. The topological polar surface area (TPSA) is 75.1 Å². The van der Waals surface area contributed by atoms with E-state index in [1.54, 1.807) is 0 Å². The molecule has 1 aromatic heterocycles. The van der Waals surface area contributed by atoms with Crippen LogP contribution >= 0.6 is 0 Å². The van der Waals surface area contributed by atoms with E-state index in [-0.39, 0.29) is 5.69 Å². The largest absolute Gasteiger partial charge is 0.349 e. The second kappa shape index (κ2) is 3.65. The first-order chi connectivity index (χ1) is 6.79. The number of aromatic amines is 1. The minimum atomic E-state index is -0.395. The lowest BCUT2D eigenvalue weighted by molar-refractivity contribution is -0.384. The van der Waals surface area contributed by atoms with Gasteiger partial charge in [0.2, 0.25) is 5.82 Å². The number of rotatable bonds is 2. The van der Waals surface area contributed by atoms with Gasteiger partial charge in [-0.15, -0.1) is 0 Å². The Morgan fingerprint density at radius 3 is 2.79 bits per heavy atom. The summed E-state index contributed by atoms with van der Waals surface area (Å²) in [7, 11) is 0. The highest BCUT2D eigenvalue weighted by molar-refractivity contribution is 5.56. The molecule has 6 heteroatoms. The zero-order valence-electron chi connectivity index (χ0n) is 7.77. The second-order valence-electron chi connectivity index (χ2n) is 3.40. The SMILES string of the molecule is O=[N+]([O-])c1c[nH]nc1N1CCCCC1. The molecule has 0 saturated carbocycles. The molecule has 0 unspecified atom stereocenters. The second-order valence-corrected chi connectivity index (χ2v) is 3.40. The summed E-state index contributed by atoms with van der Waals surface area (Å²) in [5.41, 5.74) is 0.0758. The van der Waals surface area contributed by atoms with Crippen LogP contribution in [0.25, 0.3) is 0 Å². The van der Waals surface area contributed by atoms with Crippen LogP contribution in [0, 0.1) is 10.1 Å². The Kier molecular flexibility index (Phi) is 2.34. The minimum Gasteiger partial charge on any atom is -0.349 e. The summed E-state index contributed by atoms with van der Waals surface area (Å²) in [5, 5.41) is 17.1. The van der Waals surface area contributed by atoms with Crippen molar-refractivity contribution in [1.29, 1.82) is 0 Å². The highest BCUT2D eigenvalue weighted by atomic mass is 16.6. The van der Waals surface area contributed by atoms with Crippen LogP contribution in [0.1, 0.15) is 19.3 Å². The highest BCUT2D eigenvalue weighted by Crippen LogP contribution is 2.26. The van der Waals surface area contributed by atoms with Crippen LogP contribution in [0.4, 0.5) is 11.5 Å². The predicted octanol–water partition coefficient (Wildman–Crippen LogP) is 1.31. The lowest BCUT2D eigenvalue weighted by Gasteiger charge is -2.25. The summed E-state index contributed by atoms with van der Waals surface area (Å²) in [6.07, 6.45) is 4.71. The highest BCUT2D eigenvalue weighted by Gasteiger charge is 2.23. The van der Waals surface area contributed by atoms with Gasteiger partial charge in [0.15, 0.2) is 0 Å². The third-order valence-electron chi connectivity index (χ3n) is 2.45. The first-order valence-electron chi connectivity index (χ1n) is 4.72. The van der Waals surface area contributed by atoms with E-state index in [0.717, 1.165) is 25.9 Å². The number of nitrogens with one attached hydrogen (secondary N) is 1. The van der Waals surface area contributed by atoms with Gasteiger partial charge in [0.25, 0.3) is 0 Å². The molecular weight excluding hydrogens is 184 g/mol. The van der Waals surface area contributed by atoms with Gasteiger partial charge in [-0.25, -0.2) is 0 Å². The van der Waals surface area contributed by atoms with Crippen molar-refractivity contribution in [2.75, 3.05) is 18.0 Å². The Labute approximate surface area is 81.1 Å². The van der Waals surface area contributed by atoms with E-state index in [1.165, 1.54) is 12.6 Å². The van der Waals surface area contributed by atoms with Gasteiger partial charge in [-0.2, -0.15) is 5.10 Å². The Morgan fingerprint density at radius 1 is 1.43 bits per heavy atom. The molecule has 1 fully saturated rings. The number of piperidine rings is 1. The summed E-state index contributed by atoms with van der Waals surface area (Å²) in [5.74, 6) is 0.481. The van der Waals surface area contributed by atoms with Crippen LogP contribution < -0.4 is 4.90 Å². The maximum absolute atomic E-state index is 10.6. The predicted molar refractivity (Wildman–Crippen MR) is 51.3 cm³/mol. The summed E-state index contributed by atoms with van der Waals surface area (Å²) in [4.78, 5) is 12.2. The van der Waals surface area contributed by atoms with E-state index in [1.807, 2.05) is 4.90 Å². The van der Waals surface area contributed by atoms with Crippen molar-refractivity contribution in [3.63, 3.8) is 0 Å². The van der Waals surface area contributed by atoms with Gasteiger partial charge in [0.05, 0.1) is 4.92 Å². The standard InChI is InChI=1S/C8H12N4O2/c13-12(14)7-6-9-10-8(7)11-4-2-1-3-5-11/h6H,1-5H2,(H,9,10). The zero-order chi connectivity index (χ0) is 9.97. The van der Waals surface area contributed by atoms with Crippen LogP contribution in [0.15, 0.2) is 6.20 Å². The maximum atomic E-state index is 10.6. The number of H-pyrrole nitrogens is 1. The quantitative estimate of drug-likeness (QED) is 0.571. The number of hydrogen-bond donors (Lipinski definition) is 1. The molecule has 0 atom stereocenters. The lowest BCUT2D eigenvalue weighted by atomic mass is 10.1. The summed E-state index contributed by atoms with van der Waals surface area (Å²) in [6, 6.07) is 0. The van der Waals surface area contributed by atoms with E-state index in [2.05, 4.69) is 10.2 Å². The Hall–Kier alpha value is -1.59. The molecule has 1 aromatic rings. The Bertz CT molecular complexity index is 330. The van der Waals surface area contributed by atoms with Gasteiger partial charge in [-0.3, -0.25) is 15.2 Å². The average molecular weight is 196 g/mol. The normalized spacial score (nSPS) is 17.0. The lowest BCUT2D eigenvalue weighted by Crippen LogP contribution is -2.30. The molecule has 0 aromatic carbocycles. The van der Waals surface area contributed by atoms with Crippen LogP contribution in [0.3, 0.4) is 0 Å². The van der Waals surface area contributed by atoms with Crippen LogP contribution in [-0.4, -0.2) is 28.2 Å². The fraction of sp³-hybridized carbons (Fsp3) is 0.625. The Morgan fingerprint density at radius 2 is 2.14 bits per heavy atom. The summed E-state index contributed by atoms with van der Waals surface area (Å²) < 4.78 is 0. The van der Waals surface area contributed by atoms with Gasteiger partial charge in [0, 0.05) is 13.1 Å². The molecule has 76 valence electrons. The fourth-order valence-electron chi connectivity index (χ4n) is 1.75. The minimum absolute atomic E-state index is 0.0758. The molecule has 0 bridgehead atoms. The van der Waals surface area contributed by atoms with Crippen molar-refractivity contribution in [1.82, 2.24) is 10.2 Å². The third kappa shape index (κ3) is 1.55. The number of hydrogen-bond acceptors (Lipinski definition) is 4. The van der Waals surface area contributed by atoms with Crippen molar-refractivity contribution in [3.05, 3.63) is 16.3 Å². The van der Waals surface area contributed by atoms with E-state index in [4.69, 9.17) is 0 Å². The van der Waals surface area contributed by atoms with Crippen LogP contribution in [0.5, 0.6) is 0 Å². The van der Waals surface area contributed by atoms with Gasteiger partial charge in [-0.1, -0.05) is 0 Å². The van der Waals surface area contributed by atoms with Crippen molar-refractivity contribution < 1.29 is 4.92 Å². The van der Waals surface area contributed by atoms with Gasteiger partial charge < -0.3 is 4.90 Å². The zero-order valence-corrected chi connectivity index (χ0v) is 7.77. The monoisotopic (exact) mass is 196 g/mol. The molecule has 1 aliphatic heterocycles. The van der Waals surface area contributed by atoms with Crippen molar-refractivity contribution in [2.24, 2.45) is 0 Å². The molecule has 0 spiro atoms. The molecule has 0 amide bonds. The maximum Gasteiger partial charge on any atom is 0.330 e. The molecule has 1 N–H and O–H groups in total. The molecule has 0 aliphatic carbocycles. The van der Waals surface area contributed by atoms with Gasteiger partial charge >= 0.3 is 5.69 Å². The first kappa shape index (κ1) is 8.98. The van der Waals surface area contributed by atoms with E-state index >= 15 is 0 Å². The third-order valence-corrected chi connectivity index (χ3v) is 2.45. The van der Waals surface area contributed by atoms with Crippen molar-refractivity contribution >= 4 is 11.5 Å². The van der Waals surface area contributed by atoms with E-state index in [0.29, 0.717) is 5.82 Å². The molecule has 1 aliphatic rings. The van der Waals surface area contributed by atoms with Crippen molar-refractivity contribution in [2.45, 2.75) is 19.3 Å². The number of aromatic nitrogens is 2. The molecule has 14 heavy (non-hydrogen) atoms. The summed E-state index contributed by atoms with van der Waals surface area (Å²) >= 11 is 0. The van der Waals surface area contributed by atoms with Crippen LogP contribution in [-0.2, 0) is 0 Å². The van der Waals surface area contributed by atoms with Gasteiger partial charge in [0.1, 0.15) is 6.20 Å². The molecule has 0 radical (unpaired) electrons. The molecule has 1 saturated heterocycles. The van der Waals surface area contributed by atoms with Crippen molar-refractivity contribution in [3.8, 4) is 0 Å². The first-order valence-corrected chi connectivity index (χ1v) is 4.72.